The van der Waals surface area contributed by atoms with Crippen LogP contribution in [0.1, 0.15) is 5.56 Å². The van der Waals surface area contributed by atoms with Crippen LogP contribution in [0.5, 0.6) is 0 Å². The Morgan fingerprint density at radius 2 is 2.40 bits per heavy atom. The van der Waals surface area contributed by atoms with Gasteiger partial charge in [0.1, 0.15) is 0 Å². The molecule has 0 aliphatic heterocycles. The third-order valence-corrected chi connectivity index (χ3v) is 0.929. The van der Waals surface area contributed by atoms with Crippen molar-refractivity contribution in [1.29, 1.82) is 0 Å². The SMILES string of the molecule is O=C([O-])Cc1ccoc1.[Na+]. The van der Waals surface area contributed by atoms with Gasteiger partial charge in [0.05, 0.1) is 12.5 Å². The maximum Gasteiger partial charge on any atom is 1.00 e. The standard InChI is InChI=1S/C6H6O3.Na/c7-6(8)3-5-1-2-9-4-5;/h1-2,4H,3H2,(H,7,8);/q;+1/p-1. The molecule has 0 saturated carbocycles. The van der Waals surface area contributed by atoms with E-state index in [4.69, 9.17) is 0 Å². The van der Waals surface area contributed by atoms with Crippen LogP contribution < -0.4 is 34.7 Å². The van der Waals surface area contributed by atoms with Gasteiger partial charge in [-0.1, -0.05) is 0 Å². The monoisotopic (exact) mass is 148 g/mol. The van der Waals surface area contributed by atoms with Gasteiger partial charge in [-0.2, -0.15) is 0 Å². The van der Waals surface area contributed by atoms with Crippen molar-refractivity contribution in [3.63, 3.8) is 0 Å². The van der Waals surface area contributed by atoms with Crippen molar-refractivity contribution in [2.75, 3.05) is 0 Å². The van der Waals surface area contributed by atoms with E-state index >= 15 is 0 Å². The van der Waals surface area contributed by atoms with Crippen molar-refractivity contribution < 1.29 is 43.9 Å². The Kier molecular flexibility index (Phi) is 4.43. The number of hydrogen-bond acceptors (Lipinski definition) is 3. The molecule has 10 heavy (non-hydrogen) atoms. The van der Waals surface area contributed by atoms with Crippen LogP contribution >= 0.6 is 0 Å². The van der Waals surface area contributed by atoms with Gasteiger partial charge in [-0.15, -0.1) is 0 Å². The fourth-order valence-corrected chi connectivity index (χ4v) is 0.560. The number of furan rings is 1. The maximum atomic E-state index is 9.91. The van der Waals surface area contributed by atoms with E-state index in [0.717, 1.165) is 0 Å². The summed E-state index contributed by atoms with van der Waals surface area (Å²) in [4.78, 5) is 9.91. The average Bonchev–Trinajstić information content (AvgIpc) is 2.15. The van der Waals surface area contributed by atoms with E-state index in [9.17, 15) is 9.90 Å². The number of carbonyl (C=O) groups is 1. The molecule has 0 N–H and O–H groups in total. The number of hydrogen-bond donors (Lipinski definition) is 0. The maximum absolute atomic E-state index is 9.91. The minimum absolute atomic E-state index is 0. The molecule has 3 nitrogen and oxygen atoms in total. The first-order chi connectivity index (χ1) is 4.29. The predicted octanol–water partition coefficient (Wildman–Crippen LogP) is -3.42. The molecule has 0 atom stereocenters. The minimum atomic E-state index is -1.09. The zero-order valence-corrected chi connectivity index (χ0v) is 7.66. The van der Waals surface area contributed by atoms with Crippen LogP contribution in [0.3, 0.4) is 0 Å². The number of carboxylic acids is 1. The Morgan fingerprint density at radius 1 is 1.70 bits per heavy atom. The largest absolute Gasteiger partial charge is 1.00 e. The molecule has 0 bridgehead atoms. The summed E-state index contributed by atoms with van der Waals surface area (Å²) >= 11 is 0. The second kappa shape index (κ2) is 4.55. The molecule has 0 saturated heterocycles. The zero-order valence-electron chi connectivity index (χ0n) is 5.66. The van der Waals surface area contributed by atoms with Crippen LogP contribution in [-0.2, 0) is 11.2 Å². The van der Waals surface area contributed by atoms with Crippen molar-refractivity contribution in [2.24, 2.45) is 0 Å². The Hall–Kier alpha value is -0.250. The summed E-state index contributed by atoms with van der Waals surface area (Å²) in [6, 6.07) is 1.59. The van der Waals surface area contributed by atoms with Crippen molar-refractivity contribution in [3.8, 4) is 0 Å². The molecule has 0 aromatic carbocycles. The summed E-state index contributed by atoms with van der Waals surface area (Å²) in [5, 5.41) is 9.91. The number of carbonyl (C=O) groups excluding carboxylic acids is 1. The van der Waals surface area contributed by atoms with Crippen molar-refractivity contribution in [2.45, 2.75) is 6.42 Å². The molecular weight excluding hydrogens is 143 g/mol. The second-order valence-corrected chi connectivity index (χ2v) is 1.68. The molecule has 0 aliphatic rings. The molecule has 1 aromatic heterocycles. The van der Waals surface area contributed by atoms with E-state index in [-0.39, 0.29) is 36.0 Å². The molecule has 1 rings (SSSR count). The Balaban J connectivity index is 0.000000810. The van der Waals surface area contributed by atoms with Gasteiger partial charge in [-0.25, -0.2) is 0 Å². The Morgan fingerprint density at radius 3 is 2.80 bits per heavy atom. The first kappa shape index (κ1) is 9.75. The van der Waals surface area contributed by atoms with Crippen molar-refractivity contribution in [3.05, 3.63) is 24.2 Å². The van der Waals surface area contributed by atoms with E-state index in [1.807, 2.05) is 0 Å². The van der Waals surface area contributed by atoms with Crippen molar-refractivity contribution in [1.82, 2.24) is 0 Å². The molecule has 0 fully saturated rings. The van der Waals surface area contributed by atoms with E-state index in [0.29, 0.717) is 5.56 Å². The smallest absolute Gasteiger partial charge is 0.550 e. The third kappa shape index (κ3) is 3.06. The van der Waals surface area contributed by atoms with Crippen molar-refractivity contribution >= 4 is 5.97 Å². The fourth-order valence-electron chi connectivity index (χ4n) is 0.560. The summed E-state index contributed by atoms with van der Waals surface area (Å²) in [7, 11) is 0. The van der Waals surface area contributed by atoms with E-state index in [1.54, 1.807) is 6.07 Å². The second-order valence-electron chi connectivity index (χ2n) is 1.68. The van der Waals surface area contributed by atoms with Gasteiger partial charge in [0.15, 0.2) is 0 Å². The molecular formula is C6H5NaO3. The Bertz CT molecular complexity index is 193. The summed E-state index contributed by atoms with van der Waals surface area (Å²) in [6.07, 6.45) is 2.74. The molecule has 4 heteroatoms. The summed E-state index contributed by atoms with van der Waals surface area (Å²) in [6.45, 7) is 0. The zero-order chi connectivity index (χ0) is 6.69. The molecule has 0 radical (unpaired) electrons. The van der Waals surface area contributed by atoms with Crippen LogP contribution in [0.25, 0.3) is 0 Å². The molecule has 0 aliphatic carbocycles. The van der Waals surface area contributed by atoms with Gasteiger partial charge in [-0.3, -0.25) is 0 Å². The third-order valence-electron chi connectivity index (χ3n) is 0.929. The molecule has 1 aromatic rings. The quantitative estimate of drug-likeness (QED) is 0.410. The first-order valence-electron chi connectivity index (χ1n) is 2.50. The first-order valence-corrected chi connectivity index (χ1v) is 2.50. The number of carboxylic acid groups (broad SMARTS) is 1. The minimum Gasteiger partial charge on any atom is -0.550 e. The van der Waals surface area contributed by atoms with Gasteiger partial charge in [0.25, 0.3) is 0 Å². The van der Waals surface area contributed by atoms with E-state index in [1.165, 1.54) is 12.5 Å². The molecule has 0 spiro atoms. The normalized spacial score (nSPS) is 8.40. The molecule has 1 heterocycles. The predicted molar refractivity (Wildman–Crippen MR) is 27.4 cm³/mol. The topological polar surface area (TPSA) is 53.3 Å². The number of rotatable bonds is 2. The van der Waals surface area contributed by atoms with Crippen LogP contribution in [0.4, 0.5) is 0 Å². The van der Waals surface area contributed by atoms with Gasteiger partial charge < -0.3 is 14.3 Å². The van der Waals surface area contributed by atoms with Gasteiger partial charge in [0, 0.05) is 12.4 Å². The summed E-state index contributed by atoms with van der Waals surface area (Å²) in [5.74, 6) is -1.09. The van der Waals surface area contributed by atoms with Crippen LogP contribution in [0.2, 0.25) is 0 Å². The van der Waals surface area contributed by atoms with E-state index in [2.05, 4.69) is 4.42 Å². The molecule has 48 valence electrons. The summed E-state index contributed by atoms with van der Waals surface area (Å²) < 4.78 is 4.62. The number of aliphatic carboxylic acids is 1. The fraction of sp³-hybridized carbons (Fsp3) is 0.167. The Labute approximate surface area is 80.3 Å². The van der Waals surface area contributed by atoms with Crippen LogP contribution in [-0.4, -0.2) is 5.97 Å². The van der Waals surface area contributed by atoms with Gasteiger partial charge >= 0.3 is 29.6 Å². The van der Waals surface area contributed by atoms with Gasteiger partial charge in [-0.05, 0) is 11.6 Å². The van der Waals surface area contributed by atoms with E-state index < -0.39 is 5.97 Å². The van der Waals surface area contributed by atoms with Gasteiger partial charge in [0.2, 0.25) is 0 Å². The van der Waals surface area contributed by atoms with Crippen LogP contribution in [0.15, 0.2) is 23.0 Å². The molecule has 0 amide bonds. The average molecular weight is 148 g/mol. The van der Waals surface area contributed by atoms with Crippen LogP contribution in [0, 0.1) is 0 Å². The molecule has 0 unspecified atom stereocenters. The summed E-state index contributed by atoms with van der Waals surface area (Å²) in [5.41, 5.74) is 0.634.